The van der Waals surface area contributed by atoms with Gasteiger partial charge in [-0.05, 0) is 19.3 Å². The van der Waals surface area contributed by atoms with Crippen LogP contribution < -0.4 is 5.32 Å². The molecule has 3 amide bonds. The van der Waals surface area contributed by atoms with Crippen LogP contribution in [0.5, 0.6) is 0 Å². The minimum Gasteiger partial charge on any atom is -0.465 e. The first-order valence-corrected chi connectivity index (χ1v) is 9.04. The van der Waals surface area contributed by atoms with Crippen LogP contribution in [0.4, 0.5) is 4.79 Å². The van der Waals surface area contributed by atoms with Crippen LogP contribution in [0.2, 0.25) is 0 Å². The lowest BCUT2D eigenvalue weighted by atomic mass is 10.1. The van der Waals surface area contributed by atoms with E-state index in [0.29, 0.717) is 24.2 Å². The van der Waals surface area contributed by atoms with E-state index < -0.39 is 18.2 Å². The van der Waals surface area contributed by atoms with E-state index in [9.17, 15) is 14.4 Å². The number of nitrogens with one attached hydrogen (secondary N) is 1. The van der Waals surface area contributed by atoms with Crippen LogP contribution in [-0.2, 0) is 14.3 Å². The Balaban J connectivity index is 2.15. The minimum atomic E-state index is -0.553. The summed E-state index contributed by atoms with van der Waals surface area (Å²) in [5.74, 6) is -0.0738. The summed E-state index contributed by atoms with van der Waals surface area (Å²) in [5, 5.41) is 2.96. The highest BCUT2D eigenvalue weighted by Crippen LogP contribution is 2.29. The summed E-state index contributed by atoms with van der Waals surface area (Å²) in [6.07, 6.45) is 0.329. The number of carbonyl (C=O) groups excluding carboxylic acids is 3. The third-order valence-corrected chi connectivity index (χ3v) is 4.87. The maximum Gasteiger partial charge on any atom is 0.325 e. The van der Waals surface area contributed by atoms with Crippen molar-refractivity contribution in [1.82, 2.24) is 15.1 Å². The van der Waals surface area contributed by atoms with Crippen molar-refractivity contribution in [2.75, 3.05) is 26.0 Å². The van der Waals surface area contributed by atoms with Crippen molar-refractivity contribution in [2.24, 2.45) is 10.9 Å². The standard InChI is InChI=1S/C15H24N4O4S/c1-5-23-10(20)8-24-15-16-12-11(19(15)7-6-9(2)3)13(21)17-14(22)18(12)4/h9,11-12H,5-8H2,1-4H3,(H,17,21,22). The molecule has 2 aliphatic heterocycles. The summed E-state index contributed by atoms with van der Waals surface area (Å²) in [5.41, 5.74) is 0. The molecular weight excluding hydrogens is 332 g/mol. The van der Waals surface area contributed by atoms with Gasteiger partial charge in [0.2, 0.25) is 0 Å². The monoisotopic (exact) mass is 356 g/mol. The van der Waals surface area contributed by atoms with Crippen LogP contribution in [-0.4, -0.2) is 71.0 Å². The number of aliphatic imine (C=N–C) groups is 1. The minimum absolute atomic E-state index is 0.129. The average molecular weight is 356 g/mol. The molecule has 0 saturated carbocycles. The van der Waals surface area contributed by atoms with Gasteiger partial charge in [-0.3, -0.25) is 14.9 Å². The van der Waals surface area contributed by atoms with Crippen molar-refractivity contribution in [2.45, 2.75) is 39.4 Å². The molecule has 0 spiro atoms. The Morgan fingerprint density at radius 1 is 1.42 bits per heavy atom. The second-order valence-electron chi connectivity index (χ2n) is 6.15. The second-order valence-corrected chi connectivity index (χ2v) is 7.09. The zero-order valence-electron chi connectivity index (χ0n) is 14.4. The van der Waals surface area contributed by atoms with E-state index in [1.165, 1.54) is 16.7 Å². The SMILES string of the molecule is CCOC(=O)CSC1=NC2C(C(=O)NC(=O)N2C)N1CCC(C)C. The fourth-order valence-electron chi connectivity index (χ4n) is 2.58. The van der Waals surface area contributed by atoms with Gasteiger partial charge in [-0.2, -0.15) is 0 Å². The molecule has 0 aromatic heterocycles. The third-order valence-electron chi connectivity index (χ3n) is 3.89. The van der Waals surface area contributed by atoms with Crippen molar-refractivity contribution >= 4 is 34.8 Å². The summed E-state index contributed by atoms with van der Waals surface area (Å²) < 4.78 is 4.94. The Morgan fingerprint density at radius 2 is 2.12 bits per heavy atom. The van der Waals surface area contributed by atoms with Crippen molar-refractivity contribution in [3.8, 4) is 0 Å². The number of imide groups is 1. The van der Waals surface area contributed by atoms with Crippen molar-refractivity contribution in [1.29, 1.82) is 0 Å². The number of esters is 1. The van der Waals surface area contributed by atoms with E-state index in [1.54, 1.807) is 14.0 Å². The highest BCUT2D eigenvalue weighted by Gasteiger charge is 2.48. The number of urea groups is 1. The molecular formula is C15H24N4O4S. The molecule has 1 saturated heterocycles. The van der Waals surface area contributed by atoms with E-state index in [2.05, 4.69) is 24.2 Å². The summed E-state index contributed by atoms with van der Waals surface area (Å²) in [4.78, 5) is 43.6. The molecule has 0 bridgehead atoms. The first kappa shape index (κ1) is 18.6. The summed E-state index contributed by atoms with van der Waals surface area (Å²) in [6, 6.07) is -0.999. The quantitative estimate of drug-likeness (QED) is 0.710. The van der Waals surface area contributed by atoms with Gasteiger partial charge in [0.25, 0.3) is 5.91 Å². The van der Waals surface area contributed by atoms with Crippen LogP contribution >= 0.6 is 11.8 Å². The number of rotatable bonds is 6. The number of carbonyl (C=O) groups is 3. The molecule has 2 rings (SSSR count). The van der Waals surface area contributed by atoms with E-state index in [1.807, 2.05) is 4.90 Å². The van der Waals surface area contributed by atoms with Crippen LogP contribution in [0.1, 0.15) is 27.2 Å². The highest BCUT2D eigenvalue weighted by molar-refractivity contribution is 8.14. The number of fused-ring (bicyclic) bond motifs is 1. The average Bonchev–Trinajstić information content (AvgIpc) is 2.88. The molecule has 9 heteroatoms. The molecule has 0 radical (unpaired) electrons. The van der Waals surface area contributed by atoms with E-state index in [4.69, 9.17) is 4.74 Å². The number of likely N-dealkylation sites (N-methyl/N-ethyl adjacent to an activating group) is 1. The van der Waals surface area contributed by atoms with E-state index >= 15 is 0 Å². The molecule has 1 N–H and O–H groups in total. The molecule has 24 heavy (non-hydrogen) atoms. The number of amidine groups is 1. The molecule has 2 atom stereocenters. The summed E-state index contributed by atoms with van der Waals surface area (Å²) >= 11 is 1.25. The number of nitrogens with zero attached hydrogens (tertiary/aromatic N) is 3. The van der Waals surface area contributed by atoms with Gasteiger partial charge < -0.3 is 14.5 Å². The molecule has 2 heterocycles. The molecule has 2 unspecified atom stereocenters. The zero-order chi connectivity index (χ0) is 17.9. The van der Waals surface area contributed by atoms with Gasteiger partial charge >= 0.3 is 12.0 Å². The molecule has 134 valence electrons. The fourth-order valence-corrected chi connectivity index (χ4v) is 3.46. The first-order chi connectivity index (χ1) is 11.3. The smallest absolute Gasteiger partial charge is 0.325 e. The van der Waals surface area contributed by atoms with Gasteiger partial charge in [-0.15, -0.1) is 0 Å². The lowest BCUT2D eigenvalue weighted by Gasteiger charge is -2.36. The fraction of sp³-hybridized carbons (Fsp3) is 0.733. The van der Waals surface area contributed by atoms with Gasteiger partial charge in [0.05, 0.1) is 12.4 Å². The number of ether oxygens (including phenoxy) is 1. The third kappa shape index (κ3) is 4.00. The Morgan fingerprint density at radius 3 is 2.75 bits per heavy atom. The predicted octanol–water partition coefficient (Wildman–Crippen LogP) is 0.877. The largest absolute Gasteiger partial charge is 0.465 e. The Kier molecular flexibility index (Phi) is 6.09. The van der Waals surface area contributed by atoms with E-state index in [-0.39, 0.29) is 17.6 Å². The number of thioether (sulfide) groups is 1. The van der Waals surface area contributed by atoms with Crippen molar-refractivity contribution in [3.05, 3.63) is 0 Å². The van der Waals surface area contributed by atoms with Crippen LogP contribution in [0.15, 0.2) is 4.99 Å². The lowest BCUT2D eigenvalue weighted by molar-refractivity contribution is -0.139. The second kappa shape index (κ2) is 7.87. The van der Waals surface area contributed by atoms with Gasteiger partial charge in [0.1, 0.15) is 0 Å². The van der Waals surface area contributed by atoms with Crippen LogP contribution in [0.25, 0.3) is 0 Å². The van der Waals surface area contributed by atoms with Crippen molar-refractivity contribution in [3.63, 3.8) is 0 Å². The molecule has 0 aliphatic carbocycles. The maximum absolute atomic E-state index is 12.3. The van der Waals surface area contributed by atoms with Crippen LogP contribution in [0.3, 0.4) is 0 Å². The van der Waals surface area contributed by atoms with Gasteiger partial charge in [-0.1, -0.05) is 25.6 Å². The molecule has 1 fully saturated rings. The molecule has 0 aromatic carbocycles. The van der Waals surface area contributed by atoms with Gasteiger partial charge in [-0.25, -0.2) is 9.79 Å². The van der Waals surface area contributed by atoms with E-state index in [0.717, 1.165) is 6.42 Å². The normalized spacial score (nSPS) is 23.3. The maximum atomic E-state index is 12.3. The number of hydrogen-bond acceptors (Lipinski definition) is 7. The lowest BCUT2D eigenvalue weighted by Crippen LogP contribution is -2.63. The number of amides is 3. The Bertz CT molecular complexity index is 552. The predicted molar refractivity (Wildman–Crippen MR) is 91.6 cm³/mol. The topological polar surface area (TPSA) is 91.3 Å². The summed E-state index contributed by atoms with van der Waals surface area (Å²) in [6.45, 7) is 6.93. The molecule has 0 aromatic rings. The highest BCUT2D eigenvalue weighted by atomic mass is 32.2. The Hall–Kier alpha value is -1.77. The first-order valence-electron chi connectivity index (χ1n) is 8.05. The number of hydrogen-bond donors (Lipinski definition) is 1. The Labute approximate surface area is 146 Å². The van der Waals surface area contributed by atoms with Crippen molar-refractivity contribution < 1.29 is 19.1 Å². The summed E-state index contributed by atoms with van der Waals surface area (Å²) in [7, 11) is 1.61. The zero-order valence-corrected chi connectivity index (χ0v) is 15.3. The molecule has 2 aliphatic rings. The molecule has 8 nitrogen and oxygen atoms in total. The van der Waals surface area contributed by atoms with Gasteiger partial charge in [0, 0.05) is 13.6 Å². The van der Waals surface area contributed by atoms with Crippen LogP contribution in [0, 0.1) is 5.92 Å². The van der Waals surface area contributed by atoms with Gasteiger partial charge in [0.15, 0.2) is 17.4 Å².